The Bertz CT molecular complexity index is 1140. The number of hydrogen-bond acceptors (Lipinski definition) is 7. The van der Waals surface area contributed by atoms with Crippen molar-refractivity contribution in [1.29, 1.82) is 5.26 Å². The van der Waals surface area contributed by atoms with Gasteiger partial charge in [0.05, 0.1) is 16.0 Å². The molecule has 1 aromatic heterocycles. The molecule has 1 amide bonds. The van der Waals surface area contributed by atoms with Gasteiger partial charge in [0.2, 0.25) is 15.7 Å². The van der Waals surface area contributed by atoms with Crippen LogP contribution in [-0.2, 0) is 21.2 Å². The number of rotatable bonds is 6. The van der Waals surface area contributed by atoms with E-state index in [0.29, 0.717) is 4.57 Å². The maximum absolute atomic E-state index is 12.5. The van der Waals surface area contributed by atoms with Crippen LogP contribution >= 0.6 is 0 Å². The number of nitriles is 1. The van der Waals surface area contributed by atoms with E-state index < -0.39 is 54.7 Å². The number of nitrogens with zero attached hydrogens (tertiary/aromatic N) is 3. The second-order valence-corrected chi connectivity index (χ2v) is 7.21. The minimum atomic E-state index is -4.78. The lowest BCUT2D eigenvalue weighted by molar-refractivity contribution is -0.385. The predicted molar refractivity (Wildman–Crippen MR) is 90.3 cm³/mol. The number of aromatic nitrogens is 1. The van der Waals surface area contributed by atoms with Gasteiger partial charge < -0.3 is 5.32 Å². The number of pyridine rings is 1. The number of nitrogens with one attached hydrogen (secondary N) is 1. The molecule has 0 fully saturated rings. The lowest BCUT2D eigenvalue weighted by Gasteiger charge is -2.09. The Morgan fingerprint density at radius 1 is 1.32 bits per heavy atom. The first kappa shape index (κ1) is 20.6. The van der Waals surface area contributed by atoms with Crippen molar-refractivity contribution in [3.05, 3.63) is 62.6 Å². The summed E-state index contributed by atoms with van der Waals surface area (Å²) in [6.45, 7) is -0.674. The molecule has 13 heteroatoms. The van der Waals surface area contributed by atoms with Crippen LogP contribution in [0.5, 0.6) is 0 Å². The molecule has 28 heavy (non-hydrogen) atoms. The molecule has 0 atom stereocenters. The van der Waals surface area contributed by atoms with Gasteiger partial charge in [-0.05, 0) is 24.3 Å². The summed E-state index contributed by atoms with van der Waals surface area (Å²) >= 11 is 0. The zero-order valence-electron chi connectivity index (χ0n) is 13.7. The zero-order valence-corrected chi connectivity index (χ0v) is 14.5. The predicted octanol–water partition coefficient (Wildman–Crippen LogP) is 1.26. The van der Waals surface area contributed by atoms with E-state index in [0.717, 1.165) is 36.5 Å². The van der Waals surface area contributed by atoms with E-state index >= 15 is 0 Å². The molecule has 0 aliphatic heterocycles. The standard InChI is InChI=1S/C15H10F2N4O6S/c16-15(17)28(26,27)12-3-1-10(2-4-12)19-13(22)8-20-7-11(21(24)25)5-9(6-18)14(20)23/h1-5,7,15H,8H2,(H,19,22). The third-order valence-corrected chi connectivity index (χ3v) is 4.82. The zero-order chi connectivity index (χ0) is 21.1. The fourth-order valence-electron chi connectivity index (χ4n) is 2.10. The normalized spacial score (nSPS) is 11.1. The molecule has 146 valence electrons. The van der Waals surface area contributed by atoms with Crippen LogP contribution in [0, 0.1) is 21.4 Å². The Kier molecular flexibility index (Phi) is 5.84. The highest BCUT2D eigenvalue weighted by Gasteiger charge is 2.26. The summed E-state index contributed by atoms with van der Waals surface area (Å²) in [7, 11) is -4.78. The second kappa shape index (κ2) is 7.92. The molecule has 10 nitrogen and oxygen atoms in total. The molecule has 0 radical (unpaired) electrons. The molecule has 0 unspecified atom stereocenters. The summed E-state index contributed by atoms with van der Waals surface area (Å²) < 4.78 is 48.3. The first-order valence-corrected chi connectivity index (χ1v) is 8.82. The molecular weight excluding hydrogens is 402 g/mol. The highest BCUT2D eigenvalue weighted by Crippen LogP contribution is 2.20. The number of amides is 1. The number of benzene rings is 1. The number of hydrogen-bond donors (Lipinski definition) is 1. The summed E-state index contributed by atoms with van der Waals surface area (Å²) in [4.78, 5) is 33.4. The van der Waals surface area contributed by atoms with Crippen molar-refractivity contribution in [2.24, 2.45) is 0 Å². The number of alkyl halides is 2. The maximum atomic E-state index is 12.5. The third kappa shape index (κ3) is 4.35. The van der Waals surface area contributed by atoms with E-state index in [1.165, 1.54) is 6.07 Å². The summed E-state index contributed by atoms with van der Waals surface area (Å²) in [6.07, 6.45) is 0.793. The summed E-state index contributed by atoms with van der Waals surface area (Å²) in [5.41, 5.74) is -1.96. The number of halogens is 2. The Labute approximate surface area is 155 Å². The average molecular weight is 412 g/mol. The van der Waals surface area contributed by atoms with Crippen molar-refractivity contribution in [2.75, 3.05) is 5.32 Å². The third-order valence-electron chi connectivity index (χ3n) is 3.42. The molecule has 1 N–H and O–H groups in total. The van der Waals surface area contributed by atoms with E-state index in [9.17, 15) is 36.9 Å². The number of sulfone groups is 1. The first-order valence-electron chi connectivity index (χ1n) is 7.27. The highest BCUT2D eigenvalue weighted by atomic mass is 32.2. The van der Waals surface area contributed by atoms with Gasteiger partial charge in [-0.3, -0.25) is 24.3 Å². The molecule has 0 aliphatic rings. The molecule has 1 heterocycles. The van der Waals surface area contributed by atoms with Crippen LogP contribution in [0.15, 0.2) is 46.2 Å². The Morgan fingerprint density at radius 2 is 1.93 bits per heavy atom. The fraction of sp³-hybridized carbons (Fsp3) is 0.133. The van der Waals surface area contributed by atoms with Gasteiger partial charge in [-0.2, -0.15) is 14.0 Å². The van der Waals surface area contributed by atoms with Gasteiger partial charge in [0, 0.05) is 11.8 Å². The molecule has 0 saturated carbocycles. The molecule has 0 bridgehead atoms. The number of carbonyl (C=O) groups is 1. The maximum Gasteiger partial charge on any atom is 0.341 e. The summed E-state index contributed by atoms with van der Waals surface area (Å²) in [5, 5.41) is 22.0. The SMILES string of the molecule is N#Cc1cc([N+](=O)[O-])cn(CC(=O)Nc2ccc(S(=O)(=O)C(F)F)cc2)c1=O. The fourth-order valence-corrected chi connectivity index (χ4v) is 2.82. The minimum Gasteiger partial charge on any atom is -0.325 e. The number of nitro groups is 1. The van der Waals surface area contributed by atoms with Crippen LogP contribution in [0.3, 0.4) is 0 Å². The van der Waals surface area contributed by atoms with Gasteiger partial charge in [0.25, 0.3) is 11.2 Å². The molecule has 0 aliphatic carbocycles. The molecule has 1 aromatic carbocycles. The van der Waals surface area contributed by atoms with E-state index in [4.69, 9.17) is 5.26 Å². The van der Waals surface area contributed by atoms with Crippen molar-refractivity contribution in [1.82, 2.24) is 4.57 Å². The molecule has 0 spiro atoms. The van der Waals surface area contributed by atoms with Crippen LogP contribution < -0.4 is 10.9 Å². The Hall–Kier alpha value is -3.66. The van der Waals surface area contributed by atoms with Crippen molar-refractivity contribution >= 4 is 27.1 Å². The highest BCUT2D eigenvalue weighted by molar-refractivity contribution is 7.91. The smallest absolute Gasteiger partial charge is 0.325 e. The van der Waals surface area contributed by atoms with E-state index in [2.05, 4.69) is 5.32 Å². The molecule has 0 saturated heterocycles. The van der Waals surface area contributed by atoms with Crippen molar-refractivity contribution in [3.8, 4) is 6.07 Å². The lowest BCUT2D eigenvalue weighted by atomic mass is 10.2. The van der Waals surface area contributed by atoms with Crippen LogP contribution in [0.4, 0.5) is 20.2 Å². The molecule has 2 rings (SSSR count). The van der Waals surface area contributed by atoms with Crippen LogP contribution in [0.25, 0.3) is 0 Å². The summed E-state index contributed by atoms with van der Waals surface area (Å²) in [5.74, 6) is -4.42. The van der Waals surface area contributed by atoms with Crippen LogP contribution in [-0.4, -0.2) is 29.6 Å². The monoisotopic (exact) mass is 412 g/mol. The van der Waals surface area contributed by atoms with Crippen molar-refractivity contribution in [3.63, 3.8) is 0 Å². The van der Waals surface area contributed by atoms with Crippen molar-refractivity contribution in [2.45, 2.75) is 17.2 Å². The van der Waals surface area contributed by atoms with E-state index in [1.54, 1.807) is 0 Å². The van der Waals surface area contributed by atoms with Gasteiger partial charge in [0.15, 0.2) is 0 Å². The van der Waals surface area contributed by atoms with Crippen molar-refractivity contribution < 1.29 is 26.9 Å². The Morgan fingerprint density at radius 3 is 2.43 bits per heavy atom. The van der Waals surface area contributed by atoms with E-state index in [-0.39, 0.29) is 5.69 Å². The van der Waals surface area contributed by atoms with Crippen LogP contribution in [0.2, 0.25) is 0 Å². The van der Waals surface area contributed by atoms with Gasteiger partial charge in [0.1, 0.15) is 18.2 Å². The average Bonchev–Trinajstić information content (AvgIpc) is 2.63. The second-order valence-electron chi connectivity index (χ2n) is 5.29. The molecule has 2 aromatic rings. The topological polar surface area (TPSA) is 152 Å². The van der Waals surface area contributed by atoms with Gasteiger partial charge in [-0.15, -0.1) is 0 Å². The lowest BCUT2D eigenvalue weighted by Crippen LogP contribution is -2.29. The minimum absolute atomic E-state index is 0.0391. The Balaban J connectivity index is 2.22. The molecular formula is C15H10F2N4O6S. The first-order chi connectivity index (χ1) is 13.1. The van der Waals surface area contributed by atoms with Gasteiger partial charge in [-0.1, -0.05) is 0 Å². The quantitative estimate of drug-likeness (QED) is 0.554. The van der Waals surface area contributed by atoms with Gasteiger partial charge in [-0.25, -0.2) is 8.42 Å². The van der Waals surface area contributed by atoms with Gasteiger partial charge >= 0.3 is 5.76 Å². The van der Waals surface area contributed by atoms with Crippen LogP contribution in [0.1, 0.15) is 5.56 Å². The largest absolute Gasteiger partial charge is 0.341 e. The van der Waals surface area contributed by atoms with E-state index in [1.807, 2.05) is 0 Å². The summed E-state index contributed by atoms with van der Waals surface area (Å²) in [6, 6.07) is 6.12. The number of carbonyl (C=O) groups excluding carboxylic acids is 1. The number of anilines is 1.